The van der Waals surface area contributed by atoms with Crippen LogP contribution in [0.25, 0.3) is 0 Å². The van der Waals surface area contributed by atoms with Gasteiger partial charge < -0.3 is 10.4 Å². The van der Waals surface area contributed by atoms with Crippen LogP contribution in [0.2, 0.25) is 0 Å². The minimum Gasteiger partial charge on any atom is -0.395 e. The molecule has 0 bridgehead atoms. The summed E-state index contributed by atoms with van der Waals surface area (Å²) in [4.78, 5) is 2.45. The van der Waals surface area contributed by atoms with E-state index in [0.29, 0.717) is 18.0 Å². The maximum absolute atomic E-state index is 9.30. The van der Waals surface area contributed by atoms with Crippen LogP contribution in [-0.2, 0) is 0 Å². The van der Waals surface area contributed by atoms with E-state index in [-0.39, 0.29) is 6.61 Å². The van der Waals surface area contributed by atoms with E-state index in [9.17, 15) is 5.11 Å². The van der Waals surface area contributed by atoms with Gasteiger partial charge in [0.25, 0.3) is 0 Å². The molecule has 90 valence electrons. The number of aliphatic hydroxyl groups is 1. The van der Waals surface area contributed by atoms with Gasteiger partial charge >= 0.3 is 0 Å². The summed E-state index contributed by atoms with van der Waals surface area (Å²) >= 11 is 0. The van der Waals surface area contributed by atoms with Crippen molar-refractivity contribution >= 4 is 0 Å². The molecule has 2 unspecified atom stereocenters. The fourth-order valence-corrected chi connectivity index (χ4v) is 2.14. The van der Waals surface area contributed by atoms with Gasteiger partial charge in [0.05, 0.1) is 6.61 Å². The number of nitrogens with zero attached hydrogens (tertiary/aromatic N) is 1. The highest BCUT2D eigenvalue weighted by atomic mass is 16.3. The van der Waals surface area contributed by atoms with Crippen LogP contribution < -0.4 is 5.32 Å². The van der Waals surface area contributed by atoms with E-state index in [4.69, 9.17) is 0 Å². The summed E-state index contributed by atoms with van der Waals surface area (Å²) in [5.41, 5.74) is 0. The van der Waals surface area contributed by atoms with Crippen LogP contribution >= 0.6 is 0 Å². The van der Waals surface area contributed by atoms with Gasteiger partial charge in [-0.1, -0.05) is 27.2 Å². The lowest BCUT2D eigenvalue weighted by atomic mass is 9.99. The van der Waals surface area contributed by atoms with Crippen molar-refractivity contribution in [1.29, 1.82) is 0 Å². The zero-order valence-electron chi connectivity index (χ0n) is 10.4. The Labute approximate surface area is 93.9 Å². The predicted octanol–water partition coefficient (Wildman–Crippen LogP) is 1.08. The summed E-state index contributed by atoms with van der Waals surface area (Å²) in [6.45, 7) is 10.2. The molecule has 3 nitrogen and oxygen atoms in total. The van der Waals surface area contributed by atoms with Crippen molar-refractivity contribution in [2.24, 2.45) is 5.92 Å². The molecule has 0 aliphatic carbocycles. The SMILES string of the molecule is CCCCN1CC(C(C)C)NCC1CO. The van der Waals surface area contributed by atoms with Gasteiger partial charge in [0, 0.05) is 25.2 Å². The summed E-state index contributed by atoms with van der Waals surface area (Å²) < 4.78 is 0. The first-order chi connectivity index (χ1) is 7.19. The van der Waals surface area contributed by atoms with E-state index >= 15 is 0 Å². The maximum Gasteiger partial charge on any atom is 0.0599 e. The van der Waals surface area contributed by atoms with Gasteiger partial charge in [-0.25, -0.2) is 0 Å². The summed E-state index contributed by atoms with van der Waals surface area (Å²) in [6, 6.07) is 0.913. The molecule has 0 saturated carbocycles. The number of hydrogen-bond donors (Lipinski definition) is 2. The molecule has 3 heteroatoms. The Balaban J connectivity index is 2.45. The van der Waals surface area contributed by atoms with E-state index in [1.54, 1.807) is 0 Å². The molecule has 15 heavy (non-hydrogen) atoms. The molecule has 1 fully saturated rings. The Morgan fingerprint density at radius 2 is 2.20 bits per heavy atom. The number of hydrogen-bond acceptors (Lipinski definition) is 3. The van der Waals surface area contributed by atoms with Crippen LogP contribution in [0.4, 0.5) is 0 Å². The molecule has 0 aromatic carbocycles. The molecule has 1 aliphatic rings. The number of piperazine rings is 1. The third kappa shape index (κ3) is 3.74. The molecule has 0 amide bonds. The molecule has 1 aliphatic heterocycles. The minimum absolute atomic E-state index is 0.279. The van der Waals surface area contributed by atoms with Gasteiger partial charge in [0.15, 0.2) is 0 Å². The van der Waals surface area contributed by atoms with Crippen LogP contribution in [0, 0.1) is 5.92 Å². The molecule has 0 spiro atoms. The summed E-state index contributed by atoms with van der Waals surface area (Å²) in [7, 11) is 0. The molecule has 1 saturated heterocycles. The Kier molecular flexibility index (Phi) is 5.58. The van der Waals surface area contributed by atoms with E-state index in [0.717, 1.165) is 19.6 Å². The van der Waals surface area contributed by atoms with Gasteiger partial charge in [0.2, 0.25) is 0 Å². The normalized spacial score (nSPS) is 28.6. The van der Waals surface area contributed by atoms with Crippen molar-refractivity contribution in [2.45, 2.75) is 45.7 Å². The largest absolute Gasteiger partial charge is 0.395 e. The lowest BCUT2D eigenvalue weighted by Gasteiger charge is -2.41. The van der Waals surface area contributed by atoms with Gasteiger partial charge in [0.1, 0.15) is 0 Å². The Hall–Kier alpha value is -0.120. The fourth-order valence-electron chi connectivity index (χ4n) is 2.14. The number of aliphatic hydroxyl groups excluding tert-OH is 1. The second kappa shape index (κ2) is 6.46. The molecule has 1 heterocycles. The molecular weight excluding hydrogens is 188 g/mol. The molecule has 2 N–H and O–H groups in total. The lowest BCUT2D eigenvalue weighted by Crippen LogP contribution is -2.59. The third-order valence-electron chi connectivity index (χ3n) is 3.38. The van der Waals surface area contributed by atoms with E-state index < -0.39 is 0 Å². The highest BCUT2D eigenvalue weighted by Crippen LogP contribution is 2.13. The van der Waals surface area contributed by atoms with Crippen molar-refractivity contribution in [3.8, 4) is 0 Å². The Morgan fingerprint density at radius 1 is 1.47 bits per heavy atom. The zero-order chi connectivity index (χ0) is 11.3. The van der Waals surface area contributed by atoms with Crippen LogP contribution in [0.5, 0.6) is 0 Å². The standard InChI is InChI=1S/C12H26N2O/c1-4-5-6-14-8-12(10(2)3)13-7-11(14)9-15/h10-13,15H,4-9H2,1-3H3. The van der Waals surface area contributed by atoms with E-state index in [1.165, 1.54) is 12.8 Å². The van der Waals surface area contributed by atoms with Crippen molar-refractivity contribution in [2.75, 3.05) is 26.2 Å². The monoisotopic (exact) mass is 214 g/mol. The zero-order valence-corrected chi connectivity index (χ0v) is 10.4. The second-order valence-corrected chi connectivity index (χ2v) is 4.94. The summed E-state index contributed by atoms with van der Waals surface area (Å²) in [5, 5.41) is 12.8. The molecular formula is C12H26N2O. The lowest BCUT2D eigenvalue weighted by molar-refractivity contribution is 0.0694. The third-order valence-corrected chi connectivity index (χ3v) is 3.38. The second-order valence-electron chi connectivity index (χ2n) is 4.94. The molecule has 0 aromatic rings. The quantitative estimate of drug-likeness (QED) is 0.719. The smallest absolute Gasteiger partial charge is 0.0599 e. The number of nitrogens with one attached hydrogen (secondary N) is 1. The first-order valence-electron chi connectivity index (χ1n) is 6.27. The highest BCUT2D eigenvalue weighted by Gasteiger charge is 2.28. The van der Waals surface area contributed by atoms with E-state index in [1.807, 2.05) is 0 Å². The van der Waals surface area contributed by atoms with Crippen LogP contribution in [0.1, 0.15) is 33.6 Å². The van der Waals surface area contributed by atoms with Crippen LogP contribution in [0.15, 0.2) is 0 Å². The number of rotatable bonds is 5. The predicted molar refractivity (Wildman–Crippen MR) is 64.0 cm³/mol. The Bertz CT molecular complexity index is 173. The highest BCUT2D eigenvalue weighted by molar-refractivity contribution is 4.87. The number of unbranched alkanes of at least 4 members (excludes halogenated alkanes) is 1. The van der Waals surface area contributed by atoms with Crippen LogP contribution in [0.3, 0.4) is 0 Å². The van der Waals surface area contributed by atoms with E-state index in [2.05, 4.69) is 31.0 Å². The molecule has 1 rings (SSSR count). The fraction of sp³-hybridized carbons (Fsp3) is 1.00. The average molecular weight is 214 g/mol. The van der Waals surface area contributed by atoms with Gasteiger partial charge in [-0.3, -0.25) is 4.90 Å². The van der Waals surface area contributed by atoms with Crippen molar-refractivity contribution in [3.63, 3.8) is 0 Å². The topological polar surface area (TPSA) is 35.5 Å². The first-order valence-corrected chi connectivity index (χ1v) is 6.27. The maximum atomic E-state index is 9.30. The van der Waals surface area contributed by atoms with Crippen molar-refractivity contribution in [1.82, 2.24) is 10.2 Å². The van der Waals surface area contributed by atoms with Gasteiger partial charge in [-0.05, 0) is 18.9 Å². The summed E-state index contributed by atoms with van der Waals surface area (Å²) in [5.74, 6) is 0.675. The molecule has 0 radical (unpaired) electrons. The van der Waals surface area contributed by atoms with Crippen molar-refractivity contribution < 1.29 is 5.11 Å². The van der Waals surface area contributed by atoms with Crippen molar-refractivity contribution in [3.05, 3.63) is 0 Å². The molecule has 2 atom stereocenters. The molecule has 0 aromatic heterocycles. The average Bonchev–Trinajstić information content (AvgIpc) is 2.25. The summed E-state index contributed by atoms with van der Waals surface area (Å²) in [6.07, 6.45) is 2.47. The first kappa shape index (κ1) is 12.9. The Morgan fingerprint density at radius 3 is 2.73 bits per heavy atom. The van der Waals surface area contributed by atoms with Gasteiger partial charge in [-0.15, -0.1) is 0 Å². The van der Waals surface area contributed by atoms with Crippen LogP contribution in [-0.4, -0.2) is 48.3 Å². The van der Waals surface area contributed by atoms with Gasteiger partial charge in [-0.2, -0.15) is 0 Å². The minimum atomic E-state index is 0.279.